The highest BCUT2D eigenvalue weighted by molar-refractivity contribution is 6.23. The number of imide groups is 1. The molecule has 0 bridgehead atoms. The number of aromatic nitrogens is 4. The molecule has 40 heavy (non-hydrogen) atoms. The van der Waals surface area contributed by atoms with Crippen LogP contribution in [0.4, 0.5) is 16.0 Å². The number of benzene rings is 1. The Bertz CT molecular complexity index is 1650. The first-order valence-corrected chi connectivity index (χ1v) is 12.6. The molecule has 1 fully saturated rings. The Morgan fingerprint density at radius 1 is 1.05 bits per heavy atom. The largest absolute Gasteiger partial charge is 0.383 e. The number of anilines is 2. The van der Waals surface area contributed by atoms with E-state index in [9.17, 15) is 18.8 Å². The van der Waals surface area contributed by atoms with Gasteiger partial charge in [0.2, 0.25) is 5.91 Å². The van der Waals surface area contributed by atoms with Crippen LogP contribution in [-0.4, -0.2) is 55.5 Å². The molecular formula is C29H26FN7O3. The number of amides is 3. The molecular weight excluding hydrogens is 513 g/mol. The molecule has 0 radical (unpaired) electrons. The molecule has 1 aromatic carbocycles. The molecule has 3 aromatic heterocycles. The highest BCUT2D eigenvalue weighted by Crippen LogP contribution is 2.35. The van der Waals surface area contributed by atoms with Crippen molar-refractivity contribution in [3.8, 4) is 11.3 Å². The lowest BCUT2D eigenvalue weighted by Gasteiger charge is -2.32. The second-order valence-electron chi connectivity index (χ2n) is 9.26. The third-order valence-corrected chi connectivity index (χ3v) is 6.82. The molecule has 2 N–H and O–H groups in total. The average molecular weight is 540 g/mol. The van der Waals surface area contributed by atoms with Gasteiger partial charge in [-0.05, 0) is 49.3 Å². The number of rotatable bonds is 6. The number of nitrogens with two attached hydrogens (primary N) is 1. The summed E-state index contributed by atoms with van der Waals surface area (Å²) in [5, 5.41) is 5.54. The van der Waals surface area contributed by atoms with E-state index in [1.165, 1.54) is 12.3 Å². The van der Waals surface area contributed by atoms with Crippen LogP contribution in [0.25, 0.3) is 22.2 Å². The van der Waals surface area contributed by atoms with Crippen molar-refractivity contribution in [2.45, 2.75) is 18.9 Å². The minimum Gasteiger partial charge on any atom is -0.383 e. The monoisotopic (exact) mass is 539 g/mol. The molecule has 0 spiro atoms. The van der Waals surface area contributed by atoms with E-state index in [0.717, 1.165) is 41.5 Å². The SMILES string of the molecule is C=CC(=O)N1CCCC(n2nc(-c3ccc(C(=O)N(C(=O)C=C)c4cc(F)ccn4)cc3)c3c(N)nccc32)C1. The lowest BCUT2D eigenvalue weighted by Crippen LogP contribution is -2.40. The van der Waals surface area contributed by atoms with Crippen LogP contribution < -0.4 is 10.6 Å². The number of nitrogens with zero attached hydrogens (tertiary/aromatic N) is 6. The quantitative estimate of drug-likeness (QED) is 0.368. The fraction of sp³-hybridized carbons (Fsp3) is 0.172. The summed E-state index contributed by atoms with van der Waals surface area (Å²) in [5.41, 5.74) is 8.47. The Morgan fingerprint density at radius 3 is 2.50 bits per heavy atom. The van der Waals surface area contributed by atoms with E-state index < -0.39 is 17.6 Å². The standard InChI is InChI=1S/C29H26FN7O3/c1-3-24(38)35-15-5-6-21(17-35)37-22-12-14-33-28(31)26(22)27(34-37)18-7-9-19(10-8-18)29(40)36(25(39)4-2)23-16-20(30)11-13-32-23/h3-4,7-14,16,21H,1-2,5-6,15,17H2,(H2,31,33). The van der Waals surface area contributed by atoms with Crippen molar-refractivity contribution >= 4 is 40.3 Å². The van der Waals surface area contributed by atoms with Crippen LogP contribution in [0.2, 0.25) is 0 Å². The van der Waals surface area contributed by atoms with Gasteiger partial charge in [0.05, 0.1) is 16.9 Å². The van der Waals surface area contributed by atoms with Crippen LogP contribution in [0.15, 0.2) is 80.2 Å². The number of carbonyl (C=O) groups excluding carboxylic acids is 3. The first-order valence-electron chi connectivity index (χ1n) is 12.6. The molecule has 4 heterocycles. The molecule has 1 saturated heterocycles. The Balaban J connectivity index is 1.51. The minimum atomic E-state index is -0.743. The first-order chi connectivity index (χ1) is 19.3. The van der Waals surface area contributed by atoms with Crippen molar-refractivity contribution < 1.29 is 18.8 Å². The van der Waals surface area contributed by atoms with Crippen LogP contribution in [0.1, 0.15) is 29.2 Å². The Hall–Kier alpha value is -5.19. The van der Waals surface area contributed by atoms with E-state index in [2.05, 4.69) is 23.1 Å². The molecule has 1 aliphatic heterocycles. The first kappa shape index (κ1) is 26.4. The summed E-state index contributed by atoms with van der Waals surface area (Å²) in [7, 11) is 0. The second-order valence-corrected chi connectivity index (χ2v) is 9.26. The number of piperidine rings is 1. The number of likely N-dealkylation sites (tertiary alicyclic amines) is 1. The van der Waals surface area contributed by atoms with E-state index >= 15 is 0 Å². The molecule has 1 aliphatic rings. The predicted octanol–water partition coefficient (Wildman–Crippen LogP) is 3.92. The van der Waals surface area contributed by atoms with Crippen LogP contribution in [-0.2, 0) is 9.59 Å². The average Bonchev–Trinajstić information content (AvgIpc) is 3.38. The number of hydrogen-bond acceptors (Lipinski definition) is 7. The third-order valence-electron chi connectivity index (χ3n) is 6.82. The summed E-state index contributed by atoms with van der Waals surface area (Å²) in [4.78, 5) is 48.8. The normalized spacial score (nSPS) is 15.0. The molecule has 202 valence electrons. The van der Waals surface area contributed by atoms with Gasteiger partial charge in [-0.15, -0.1) is 0 Å². The van der Waals surface area contributed by atoms with Gasteiger partial charge in [0.1, 0.15) is 23.1 Å². The van der Waals surface area contributed by atoms with Gasteiger partial charge >= 0.3 is 0 Å². The van der Waals surface area contributed by atoms with Crippen molar-refractivity contribution in [1.29, 1.82) is 0 Å². The maximum Gasteiger partial charge on any atom is 0.266 e. The summed E-state index contributed by atoms with van der Waals surface area (Å²) in [6.45, 7) is 8.17. The van der Waals surface area contributed by atoms with Gasteiger partial charge in [0.15, 0.2) is 0 Å². The second kappa shape index (κ2) is 10.9. The van der Waals surface area contributed by atoms with E-state index in [-0.39, 0.29) is 23.3 Å². The minimum absolute atomic E-state index is 0.0752. The van der Waals surface area contributed by atoms with Crippen LogP contribution in [0.3, 0.4) is 0 Å². The van der Waals surface area contributed by atoms with E-state index in [0.29, 0.717) is 35.6 Å². The van der Waals surface area contributed by atoms with Crippen molar-refractivity contribution in [3.63, 3.8) is 0 Å². The molecule has 1 unspecified atom stereocenters. The van der Waals surface area contributed by atoms with Gasteiger partial charge in [-0.25, -0.2) is 19.3 Å². The molecule has 4 aromatic rings. The van der Waals surface area contributed by atoms with E-state index in [4.69, 9.17) is 10.8 Å². The number of halogens is 1. The highest BCUT2D eigenvalue weighted by atomic mass is 19.1. The van der Waals surface area contributed by atoms with E-state index in [1.807, 2.05) is 10.7 Å². The third kappa shape index (κ3) is 4.84. The summed E-state index contributed by atoms with van der Waals surface area (Å²) in [5.74, 6) is -2.06. The number of pyridine rings is 2. The van der Waals surface area contributed by atoms with Gasteiger partial charge in [0.25, 0.3) is 11.8 Å². The summed E-state index contributed by atoms with van der Waals surface area (Å²) in [6.07, 6.45) is 6.70. The van der Waals surface area contributed by atoms with Crippen molar-refractivity contribution in [3.05, 3.63) is 91.5 Å². The molecule has 0 aliphatic carbocycles. The summed E-state index contributed by atoms with van der Waals surface area (Å²) in [6, 6.07) is 10.3. The summed E-state index contributed by atoms with van der Waals surface area (Å²) < 4.78 is 15.7. The highest BCUT2D eigenvalue weighted by Gasteiger charge is 2.28. The van der Waals surface area contributed by atoms with Gasteiger partial charge in [-0.1, -0.05) is 25.3 Å². The zero-order valence-electron chi connectivity index (χ0n) is 21.5. The summed E-state index contributed by atoms with van der Waals surface area (Å²) >= 11 is 0. The van der Waals surface area contributed by atoms with Crippen molar-refractivity contribution in [2.75, 3.05) is 23.7 Å². The van der Waals surface area contributed by atoms with Crippen LogP contribution >= 0.6 is 0 Å². The lowest BCUT2D eigenvalue weighted by atomic mass is 10.0. The Labute approximate surface area is 229 Å². The van der Waals surface area contributed by atoms with Gasteiger partial charge in [0, 0.05) is 42.7 Å². The fourth-order valence-electron chi connectivity index (χ4n) is 4.90. The van der Waals surface area contributed by atoms with E-state index in [1.54, 1.807) is 35.4 Å². The van der Waals surface area contributed by atoms with Gasteiger partial charge in [-0.3, -0.25) is 19.1 Å². The molecule has 11 heteroatoms. The number of fused-ring (bicyclic) bond motifs is 1. The van der Waals surface area contributed by atoms with Crippen LogP contribution in [0.5, 0.6) is 0 Å². The molecule has 10 nitrogen and oxygen atoms in total. The van der Waals surface area contributed by atoms with Crippen LogP contribution in [0, 0.1) is 5.82 Å². The number of hydrogen-bond donors (Lipinski definition) is 1. The number of nitrogen functional groups attached to an aromatic ring is 1. The van der Waals surface area contributed by atoms with Crippen molar-refractivity contribution in [2.24, 2.45) is 0 Å². The maximum absolute atomic E-state index is 13.8. The molecule has 0 saturated carbocycles. The number of carbonyl (C=O) groups is 3. The molecule has 3 amide bonds. The Morgan fingerprint density at radius 2 is 1.80 bits per heavy atom. The fourth-order valence-corrected chi connectivity index (χ4v) is 4.90. The van der Waals surface area contributed by atoms with Gasteiger partial charge < -0.3 is 10.6 Å². The van der Waals surface area contributed by atoms with Crippen molar-refractivity contribution in [1.82, 2.24) is 24.6 Å². The van der Waals surface area contributed by atoms with Gasteiger partial charge in [-0.2, -0.15) is 5.10 Å². The lowest BCUT2D eigenvalue weighted by molar-refractivity contribution is -0.127. The Kier molecular flexibility index (Phi) is 7.19. The zero-order chi connectivity index (χ0) is 28.4. The zero-order valence-corrected chi connectivity index (χ0v) is 21.5. The smallest absolute Gasteiger partial charge is 0.266 e. The molecule has 5 rings (SSSR count). The molecule has 1 atom stereocenters. The maximum atomic E-state index is 13.8. The topological polar surface area (TPSA) is 127 Å². The predicted molar refractivity (Wildman–Crippen MR) is 149 cm³/mol.